The highest BCUT2D eigenvalue weighted by atomic mass is 35.5. The number of hydrogen-bond donors (Lipinski definition) is 0. The molecule has 0 bridgehead atoms. The molecule has 1 aliphatic carbocycles. The molecule has 1 aliphatic rings. The van der Waals surface area contributed by atoms with Crippen molar-refractivity contribution in [3.63, 3.8) is 0 Å². The summed E-state index contributed by atoms with van der Waals surface area (Å²) in [6.45, 7) is 0.470. The summed E-state index contributed by atoms with van der Waals surface area (Å²) >= 11 is 18.8. The van der Waals surface area contributed by atoms with Gasteiger partial charge in [0.1, 0.15) is 0 Å². The van der Waals surface area contributed by atoms with Crippen LogP contribution < -0.4 is 0 Å². The van der Waals surface area contributed by atoms with Crippen LogP contribution in [-0.4, -0.2) is 27.0 Å². The zero-order valence-corrected chi connectivity index (χ0v) is 13.8. The van der Waals surface area contributed by atoms with E-state index in [-0.39, 0.29) is 16.4 Å². The lowest BCUT2D eigenvalue weighted by Gasteiger charge is -2.21. The zero-order chi connectivity index (χ0) is 15.0. The van der Waals surface area contributed by atoms with E-state index in [1.807, 2.05) is 6.07 Å². The molecule has 1 amide bonds. The Kier molecular flexibility index (Phi) is 4.36. The van der Waals surface area contributed by atoms with Crippen molar-refractivity contribution < 1.29 is 4.79 Å². The lowest BCUT2D eigenvalue weighted by Crippen LogP contribution is -2.32. The van der Waals surface area contributed by atoms with Gasteiger partial charge in [-0.25, -0.2) is 0 Å². The highest BCUT2D eigenvalue weighted by Crippen LogP contribution is 2.32. The average molecular weight is 363 g/mol. The van der Waals surface area contributed by atoms with Crippen LogP contribution >= 0.6 is 46.1 Å². The second-order valence-corrected chi connectivity index (χ2v) is 7.15. The Balaban J connectivity index is 1.81. The molecule has 1 fully saturated rings. The van der Waals surface area contributed by atoms with E-state index >= 15 is 0 Å². The summed E-state index contributed by atoms with van der Waals surface area (Å²) in [5, 5.41) is 8.79. The molecule has 0 spiro atoms. The smallest absolute Gasteiger partial charge is 0.285 e. The van der Waals surface area contributed by atoms with E-state index in [1.165, 1.54) is 0 Å². The Labute approximate surface area is 140 Å². The number of aromatic nitrogens is 2. The molecule has 0 unspecified atom stereocenters. The Hall–Kier alpha value is -0.880. The highest BCUT2D eigenvalue weighted by molar-refractivity contribution is 7.17. The fourth-order valence-corrected chi connectivity index (χ4v) is 3.11. The Morgan fingerprint density at radius 2 is 2.00 bits per heavy atom. The van der Waals surface area contributed by atoms with Crippen molar-refractivity contribution >= 4 is 52.0 Å². The van der Waals surface area contributed by atoms with Gasteiger partial charge in [0.25, 0.3) is 5.91 Å². The van der Waals surface area contributed by atoms with Crippen LogP contribution in [-0.2, 0) is 6.54 Å². The number of carbonyl (C=O) groups is 1. The molecular formula is C13H10Cl3N3OS. The lowest BCUT2D eigenvalue weighted by molar-refractivity contribution is 0.0728. The summed E-state index contributed by atoms with van der Waals surface area (Å²) in [5.74, 6) is -0.145. The van der Waals surface area contributed by atoms with E-state index < -0.39 is 0 Å². The second-order valence-electron chi connectivity index (χ2n) is 4.77. The summed E-state index contributed by atoms with van der Waals surface area (Å²) in [6, 6.07) is 5.62. The normalized spacial score (nSPS) is 14.2. The van der Waals surface area contributed by atoms with Crippen LogP contribution in [0.5, 0.6) is 0 Å². The van der Waals surface area contributed by atoms with Crippen molar-refractivity contribution in [1.82, 2.24) is 15.1 Å². The molecular weight excluding hydrogens is 353 g/mol. The van der Waals surface area contributed by atoms with Gasteiger partial charge in [0, 0.05) is 12.6 Å². The molecule has 4 nitrogen and oxygen atoms in total. The maximum atomic E-state index is 12.5. The third-order valence-electron chi connectivity index (χ3n) is 3.17. The van der Waals surface area contributed by atoms with Crippen LogP contribution in [0.1, 0.15) is 28.2 Å². The first-order valence-electron chi connectivity index (χ1n) is 6.28. The predicted octanol–water partition coefficient (Wildman–Crippen LogP) is 4.30. The highest BCUT2D eigenvalue weighted by Gasteiger charge is 2.34. The molecule has 1 saturated carbocycles. The molecule has 1 aromatic heterocycles. The van der Waals surface area contributed by atoms with Gasteiger partial charge in [-0.05, 0) is 42.1 Å². The van der Waals surface area contributed by atoms with Crippen molar-refractivity contribution in [2.24, 2.45) is 0 Å². The summed E-state index contributed by atoms with van der Waals surface area (Å²) in [6.07, 6.45) is 2.00. The van der Waals surface area contributed by atoms with Gasteiger partial charge in [0.05, 0.1) is 10.0 Å². The van der Waals surface area contributed by atoms with Crippen LogP contribution in [0.25, 0.3) is 0 Å². The summed E-state index contributed by atoms with van der Waals surface area (Å²) in [4.78, 5) is 14.3. The zero-order valence-electron chi connectivity index (χ0n) is 10.7. The van der Waals surface area contributed by atoms with E-state index in [1.54, 1.807) is 17.0 Å². The van der Waals surface area contributed by atoms with Gasteiger partial charge in [-0.2, -0.15) is 0 Å². The molecule has 3 rings (SSSR count). The fraction of sp³-hybridized carbons (Fsp3) is 0.308. The van der Waals surface area contributed by atoms with E-state index in [0.717, 1.165) is 29.7 Å². The van der Waals surface area contributed by atoms with Crippen molar-refractivity contribution in [2.75, 3.05) is 0 Å². The molecule has 0 atom stereocenters. The average Bonchev–Trinajstić information content (AvgIpc) is 3.20. The van der Waals surface area contributed by atoms with Crippen molar-refractivity contribution in [3.8, 4) is 0 Å². The number of nitrogens with zero attached hydrogens (tertiary/aromatic N) is 3. The third-order valence-corrected chi connectivity index (χ3v) is 4.91. The summed E-state index contributed by atoms with van der Waals surface area (Å²) in [5.41, 5.74) is 0.931. The number of rotatable bonds is 4. The standard InChI is InChI=1S/C13H10Cl3N3OS/c14-9-4-1-7(5-10(9)15)6-19(8-2-3-8)12(20)11-17-18-13(16)21-11/h1,4-5,8H,2-3,6H2. The number of hydrogen-bond acceptors (Lipinski definition) is 4. The molecule has 1 aromatic carbocycles. The first-order valence-corrected chi connectivity index (χ1v) is 8.23. The number of benzene rings is 1. The predicted molar refractivity (Wildman–Crippen MR) is 84.3 cm³/mol. The Morgan fingerprint density at radius 1 is 1.24 bits per heavy atom. The largest absolute Gasteiger partial charge is 0.329 e. The van der Waals surface area contributed by atoms with Gasteiger partial charge in [-0.3, -0.25) is 4.79 Å². The molecule has 1 heterocycles. The van der Waals surface area contributed by atoms with Crippen LogP contribution in [0, 0.1) is 0 Å². The van der Waals surface area contributed by atoms with Gasteiger partial charge in [-0.15, -0.1) is 10.2 Å². The maximum absolute atomic E-state index is 12.5. The van der Waals surface area contributed by atoms with Crippen LogP contribution in [0.15, 0.2) is 18.2 Å². The van der Waals surface area contributed by atoms with Gasteiger partial charge < -0.3 is 4.90 Å². The van der Waals surface area contributed by atoms with Crippen LogP contribution in [0.4, 0.5) is 0 Å². The minimum atomic E-state index is -0.145. The van der Waals surface area contributed by atoms with Gasteiger partial charge >= 0.3 is 0 Å². The Morgan fingerprint density at radius 3 is 2.57 bits per heavy atom. The number of halogens is 3. The maximum Gasteiger partial charge on any atom is 0.285 e. The summed E-state index contributed by atoms with van der Waals surface area (Å²) < 4.78 is 0.267. The minimum absolute atomic E-state index is 0.145. The van der Waals surface area contributed by atoms with E-state index in [0.29, 0.717) is 21.6 Å². The summed E-state index contributed by atoms with van der Waals surface area (Å²) in [7, 11) is 0. The molecule has 8 heteroatoms. The van der Waals surface area contributed by atoms with Gasteiger partial charge in [-0.1, -0.05) is 40.6 Å². The van der Waals surface area contributed by atoms with Crippen molar-refractivity contribution in [3.05, 3.63) is 43.3 Å². The van der Waals surface area contributed by atoms with E-state index in [2.05, 4.69) is 10.2 Å². The van der Waals surface area contributed by atoms with Crippen molar-refractivity contribution in [2.45, 2.75) is 25.4 Å². The lowest BCUT2D eigenvalue weighted by atomic mass is 10.2. The van der Waals surface area contributed by atoms with Crippen LogP contribution in [0.3, 0.4) is 0 Å². The second kappa shape index (κ2) is 6.08. The SMILES string of the molecule is O=C(c1nnc(Cl)s1)N(Cc1ccc(Cl)c(Cl)c1)C1CC1. The van der Waals surface area contributed by atoms with E-state index in [9.17, 15) is 4.79 Å². The number of amides is 1. The fourth-order valence-electron chi connectivity index (χ4n) is 2.00. The first-order chi connectivity index (χ1) is 10.0. The van der Waals surface area contributed by atoms with E-state index in [4.69, 9.17) is 34.8 Å². The van der Waals surface area contributed by atoms with Gasteiger partial charge in [0.2, 0.25) is 9.47 Å². The molecule has 0 saturated heterocycles. The molecule has 0 aliphatic heterocycles. The monoisotopic (exact) mass is 361 g/mol. The topological polar surface area (TPSA) is 46.1 Å². The number of carbonyl (C=O) groups excluding carboxylic acids is 1. The first kappa shape index (κ1) is 15.0. The molecule has 21 heavy (non-hydrogen) atoms. The van der Waals surface area contributed by atoms with Gasteiger partial charge in [0.15, 0.2) is 0 Å². The minimum Gasteiger partial charge on any atom is -0.329 e. The van der Waals surface area contributed by atoms with Crippen molar-refractivity contribution in [1.29, 1.82) is 0 Å². The molecule has 0 N–H and O–H groups in total. The van der Waals surface area contributed by atoms with Crippen LogP contribution in [0.2, 0.25) is 14.5 Å². The third kappa shape index (κ3) is 3.48. The quantitative estimate of drug-likeness (QED) is 0.814. The molecule has 0 radical (unpaired) electrons. The molecule has 2 aromatic rings. The Bertz CT molecular complexity index is 687. The molecule has 110 valence electrons.